The molecule has 0 bridgehead atoms. The number of ether oxygens (including phenoxy) is 1. The van der Waals surface area contributed by atoms with E-state index in [-0.39, 0.29) is 34.3 Å². The third-order valence-electron chi connectivity index (χ3n) is 7.28. The lowest BCUT2D eigenvalue weighted by atomic mass is 9.92. The molecule has 2 atom stereocenters. The van der Waals surface area contributed by atoms with Crippen molar-refractivity contribution >= 4 is 11.0 Å². The fraction of sp³-hybridized carbons (Fsp3) is 0.423. The van der Waals surface area contributed by atoms with E-state index in [2.05, 4.69) is 20.1 Å². The Kier molecular flexibility index (Phi) is 5.82. The van der Waals surface area contributed by atoms with E-state index in [9.17, 15) is 18.0 Å². The molecule has 1 unspecified atom stereocenters. The van der Waals surface area contributed by atoms with Crippen LogP contribution in [0.15, 0.2) is 35.4 Å². The van der Waals surface area contributed by atoms with Gasteiger partial charge in [0.1, 0.15) is 28.7 Å². The van der Waals surface area contributed by atoms with Gasteiger partial charge in [0.25, 0.3) is 5.56 Å². The lowest BCUT2D eigenvalue weighted by molar-refractivity contribution is -0.137. The van der Waals surface area contributed by atoms with Crippen molar-refractivity contribution in [2.45, 2.75) is 56.8 Å². The van der Waals surface area contributed by atoms with Gasteiger partial charge in [0.2, 0.25) is 0 Å². The third kappa shape index (κ3) is 4.36. The predicted molar refractivity (Wildman–Crippen MR) is 129 cm³/mol. The van der Waals surface area contributed by atoms with Crippen LogP contribution in [-0.4, -0.2) is 35.9 Å². The van der Waals surface area contributed by atoms with Crippen molar-refractivity contribution in [3.05, 3.63) is 69.5 Å². The van der Waals surface area contributed by atoms with Crippen LogP contribution in [0.3, 0.4) is 0 Å². The highest BCUT2D eigenvalue weighted by atomic mass is 19.4. The summed E-state index contributed by atoms with van der Waals surface area (Å²) in [6.07, 6.45) is 2.09. The maximum Gasteiger partial charge on any atom is 0.416 e. The molecule has 1 aromatic carbocycles. The summed E-state index contributed by atoms with van der Waals surface area (Å²) in [5.74, 6) is -0.698. The van der Waals surface area contributed by atoms with Crippen LogP contribution in [0.2, 0.25) is 0 Å². The Morgan fingerprint density at radius 3 is 2.58 bits per heavy atom. The Balaban J connectivity index is 1.45. The molecule has 2 fully saturated rings. The number of hydrogen-bond donors (Lipinski definition) is 0. The van der Waals surface area contributed by atoms with Gasteiger partial charge in [-0.3, -0.25) is 14.0 Å². The molecule has 1 aliphatic carbocycles. The van der Waals surface area contributed by atoms with Crippen molar-refractivity contribution in [3.63, 3.8) is 0 Å². The summed E-state index contributed by atoms with van der Waals surface area (Å²) in [6.45, 7) is 2.02. The molecule has 38 heavy (non-hydrogen) atoms. The standard InChI is InChI=1S/C26H24F4N6O2/c1-13-32-22-21(18-6-3-16(10-19(18)27)26(28,29)30)33-24(34-23(22)25(37)35(13)2)14-7-8-38-20(9-14)15-11-31-36(12-15)17-4-5-17/h3,6,10-12,14,17,20H,4-5,7-9H2,1-2H3/t14?,20-/m1/s1. The molecule has 4 aromatic rings. The minimum Gasteiger partial charge on any atom is -0.373 e. The molecular weight excluding hydrogens is 504 g/mol. The molecule has 2 aliphatic rings. The quantitative estimate of drug-likeness (QED) is 0.346. The monoisotopic (exact) mass is 528 g/mol. The third-order valence-corrected chi connectivity index (χ3v) is 7.28. The average molecular weight is 529 g/mol. The van der Waals surface area contributed by atoms with Crippen molar-refractivity contribution in [2.75, 3.05) is 6.61 Å². The zero-order chi connectivity index (χ0) is 26.8. The molecule has 0 N–H and O–H groups in total. The van der Waals surface area contributed by atoms with Gasteiger partial charge >= 0.3 is 6.18 Å². The summed E-state index contributed by atoms with van der Waals surface area (Å²) >= 11 is 0. The number of aromatic nitrogens is 6. The molecular formula is C26H24F4N6O2. The number of fused-ring (bicyclic) bond motifs is 1. The smallest absolute Gasteiger partial charge is 0.373 e. The lowest BCUT2D eigenvalue weighted by Crippen LogP contribution is -2.25. The number of hydrogen-bond acceptors (Lipinski definition) is 6. The maximum atomic E-state index is 15.1. The number of rotatable bonds is 4. The number of nitrogens with zero attached hydrogens (tertiary/aromatic N) is 6. The predicted octanol–water partition coefficient (Wildman–Crippen LogP) is 5.02. The maximum absolute atomic E-state index is 15.1. The number of halogens is 4. The van der Waals surface area contributed by atoms with E-state index in [1.807, 2.05) is 10.9 Å². The van der Waals surface area contributed by atoms with Crippen molar-refractivity contribution in [1.29, 1.82) is 0 Å². The highest BCUT2D eigenvalue weighted by molar-refractivity contribution is 5.88. The first-order valence-corrected chi connectivity index (χ1v) is 12.4. The molecule has 0 amide bonds. The van der Waals surface area contributed by atoms with Gasteiger partial charge < -0.3 is 4.74 Å². The Morgan fingerprint density at radius 1 is 1.08 bits per heavy atom. The van der Waals surface area contributed by atoms with E-state index in [1.165, 1.54) is 4.57 Å². The van der Waals surface area contributed by atoms with Crippen LogP contribution in [0.25, 0.3) is 22.3 Å². The first-order chi connectivity index (χ1) is 18.1. The van der Waals surface area contributed by atoms with Crippen LogP contribution in [0.4, 0.5) is 17.6 Å². The van der Waals surface area contributed by atoms with E-state index in [4.69, 9.17) is 4.74 Å². The molecule has 12 heteroatoms. The van der Waals surface area contributed by atoms with E-state index in [0.29, 0.717) is 43.2 Å². The van der Waals surface area contributed by atoms with Crippen LogP contribution in [0.1, 0.15) is 66.5 Å². The van der Waals surface area contributed by atoms with E-state index in [0.717, 1.165) is 30.5 Å². The molecule has 4 heterocycles. The van der Waals surface area contributed by atoms with Gasteiger partial charge in [0.15, 0.2) is 5.52 Å². The first-order valence-electron chi connectivity index (χ1n) is 12.4. The zero-order valence-corrected chi connectivity index (χ0v) is 20.7. The first kappa shape index (κ1) is 24.7. The molecule has 3 aromatic heterocycles. The van der Waals surface area contributed by atoms with E-state index < -0.39 is 23.1 Å². The lowest BCUT2D eigenvalue weighted by Gasteiger charge is -2.28. The fourth-order valence-electron chi connectivity index (χ4n) is 4.85. The summed E-state index contributed by atoms with van der Waals surface area (Å²) in [5.41, 5.74) is -0.785. The van der Waals surface area contributed by atoms with Crippen LogP contribution in [0.5, 0.6) is 0 Å². The van der Waals surface area contributed by atoms with Crippen LogP contribution >= 0.6 is 0 Å². The molecule has 1 aliphatic heterocycles. The van der Waals surface area contributed by atoms with Gasteiger partial charge in [-0.1, -0.05) is 0 Å². The Bertz CT molecular complexity index is 1610. The summed E-state index contributed by atoms with van der Waals surface area (Å²) in [5, 5.41) is 4.44. The topological polar surface area (TPSA) is 87.7 Å². The van der Waals surface area contributed by atoms with Crippen LogP contribution in [0, 0.1) is 12.7 Å². The van der Waals surface area contributed by atoms with Crippen molar-refractivity contribution in [3.8, 4) is 11.3 Å². The number of aryl methyl sites for hydroxylation is 1. The van der Waals surface area contributed by atoms with E-state index >= 15 is 4.39 Å². The molecule has 0 spiro atoms. The highest BCUT2D eigenvalue weighted by Crippen LogP contribution is 2.40. The van der Waals surface area contributed by atoms with Crippen LogP contribution < -0.4 is 5.56 Å². The number of benzene rings is 1. The molecule has 198 valence electrons. The van der Waals surface area contributed by atoms with E-state index in [1.54, 1.807) is 20.2 Å². The van der Waals surface area contributed by atoms with Gasteiger partial charge in [0, 0.05) is 36.9 Å². The summed E-state index contributed by atoms with van der Waals surface area (Å²) in [6, 6.07) is 2.68. The van der Waals surface area contributed by atoms with Gasteiger partial charge in [-0.25, -0.2) is 19.3 Å². The Morgan fingerprint density at radius 2 is 1.87 bits per heavy atom. The van der Waals surface area contributed by atoms with Crippen molar-refractivity contribution in [1.82, 2.24) is 29.3 Å². The van der Waals surface area contributed by atoms with Crippen molar-refractivity contribution in [2.24, 2.45) is 7.05 Å². The average Bonchev–Trinajstić information content (AvgIpc) is 3.63. The zero-order valence-electron chi connectivity index (χ0n) is 20.7. The second kappa shape index (κ2) is 8.97. The Labute approximate surface area is 214 Å². The van der Waals surface area contributed by atoms with Crippen molar-refractivity contribution < 1.29 is 22.3 Å². The summed E-state index contributed by atoms with van der Waals surface area (Å²) < 4.78 is 63.9. The molecule has 1 saturated heterocycles. The summed E-state index contributed by atoms with van der Waals surface area (Å²) in [4.78, 5) is 26.7. The minimum absolute atomic E-state index is 0.0120. The molecule has 8 nitrogen and oxygen atoms in total. The van der Waals surface area contributed by atoms with Gasteiger partial charge in [-0.15, -0.1) is 0 Å². The largest absolute Gasteiger partial charge is 0.416 e. The Hall–Kier alpha value is -3.67. The number of alkyl halides is 3. The second-order valence-electron chi connectivity index (χ2n) is 9.91. The molecule has 6 rings (SSSR count). The highest BCUT2D eigenvalue weighted by Gasteiger charge is 2.33. The fourth-order valence-corrected chi connectivity index (χ4v) is 4.85. The SMILES string of the molecule is Cc1nc2c(-c3ccc(C(F)(F)F)cc3F)nc(C3CCO[C@@H](c4cnn(C5CC5)c4)C3)nc2c(=O)n1C. The van der Waals surface area contributed by atoms with Gasteiger partial charge in [0.05, 0.1) is 23.9 Å². The second-order valence-corrected chi connectivity index (χ2v) is 9.91. The van der Waals surface area contributed by atoms with Gasteiger partial charge in [-0.2, -0.15) is 18.3 Å². The van der Waals surface area contributed by atoms with Crippen LogP contribution in [-0.2, 0) is 18.0 Å². The molecule has 1 saturated carbocycles. The van der Waals surface area contributed by atoms with Gasteiger partial charge in [-0.05, 0) is 50.8 Å². The minimum atomic E-state index is -4.70. The summed E-state index contributed by atoms with van der Waals surface area (Å²) in [7, 11) is 1.55. The normalized spacial score (nSPS) is 20.3. The molecule has 0 radical (unpaired) electrons.